The number of nitrogens with one attached hydrogen (secondary N) is 1. The maximum Gasteiger partial charge on any atom is 0.268 e. The Morgan fingerprint density at radius 3 is 2.32 bits per heavy atom. The molecular formula is C22H17FN2O3. The van der Waals surface area contributed by atoms with Gasteiger partial charge in [-0.2, -0.15) is 0 Å². The van der Waals surface area contributed by atoms with Gasteiger partial charge in [-0.05, 0) is 35.9 Å². The Hall–Kier alpha value is -3.51. The molecule has 0 aromatic heterocycles. The average Bonchev–Trinajstić information content (AvgIpc) is 2.93. The van der Waals surface area contributed by atoms with Gasteiger partial charge < -0.3 is 10.4 Å². The number of hydrogen-bond acceptors (Lipinski definition) is 3. The Balaban J connectivity index is 1.64. The summed E-state index contributed by atoms with van der Waals surface area (Å²) in [6.07, 6.45) is 0. The van der Waals surface area contributed by atoms with E-state index in [0.717, 1.165) is 0 Å². The number of aliphatic hydroxyl groups is 1. The van der Waals surface area contributed by atoms with Gasteiger partial charge in [0.05, 0.1) is 5.69 Å². The third-order valence-electron chi connectivity index (χ3n) is 4.76. The van der Waals surface area contributed by atoms with Crippen LogP contribution in [0, 0.1) is 5.82 Å². The fourth-order valence-corrected chi connectivity index (χ4v) is 3.43. The van der Waals surface area contributed by atoms with Gasteiger partial charge in [0.15, 0.2) is 5.60 Å². The van der Waals surface area contributed by atoms with Crippen molar-refractivity contribution in [3.05, 3.63) is 95.8 Å². The first-order valence-electron chi connectivity index (χ1n) is 8.75. The van der Waals surface area contributed by atoms with Gasteiger partial charge in [-0.15, -0.1) is 0 Å². The monoisotopic (exact) mass is 376 g/mol. The number of amides is 2. The van der Waals surface area contributed by atoms with Crippen molar-refractivity contribution >= 4 is 23.2 Å². The number of carbonyl (C=O) groups excluding carboxylic acids is 2. The number of rotatable bonds is 4. The molecule has 2 amide bonds. The molecule has 3 aromatic carbocycles. The molecule has 28 heavy (non-hydrogen) atoms. The number of carbonyl (C=O) groups is 2. The lowest BCUT2D eigenvalue weighted by Crippen LogP contribution is -2.44. The lowest BCUT2D eigenvalue weighted by Gasteiger charge is -2.23. The van der Waals surface area contributed by atoms with E-state index in [9.17, 15) is 19.1 Å². The van der Waals surface area contributed by atoms with Gasteiger partial charge in [0.25, 0.3) is 5.91 Å². The van der Waals surface area contributed by atoms with Gasteiger partial charge >= 0.3 is 0 Å². The zero-order valence-corrected chi connectivity index (χ0v) is 14.8. The molecule has 140 valence electrons. The highest BCUT2D eigenvalue weighted by Gasteiger charge is 2.51. The molecule has 0 bridgehead atoms. The van der Waals surface area contributed by atoms with Crippen LogP contribution in [0.2, 0.25) is 0 Å². The Morgan fingerprint density at radius 2 is 1.61 bits per heavy atom. The smallest absolute Gasteiger partial charge is 0.268 e. The van der Waals surface area contributed by atoms with Crippen molar-refractivity contribution in [3.63, 3.8) is 0 Å². The second-order valence-corrected chi connectivity index (χ2v) is 6.54. The summed E-state index contributed by atoms with van der Waals surface area (Å²) in [5, 5.41) is 14.0. The molecule has 3 aromatic rings. The molecule has 0 fully saturated rings. The van der Waals surface area contributed by atoms with E-state index in [1.807, 2.05) is 0 Å². The van der Waals surface area contributed by atoms with E-state index in [4.69, 9.17) is 0 Å². The SMILES string of the molecule is O=C(CN1C(=O)[C@@](O)(c2ccccc2)c2ccccc21)Nc1ccc(F)cc1. The van der Waals surface area contributed by atoms with Crippen molar-refractivity contribution in [2.45, 2.75) is 5.60 Å². The highest BCUT2D eigenvalue weighted by molar-refractivity contribution is 6.12. The van der Waals surface area contributed by atoms with Gasteiger partial charge in [0.1, 0.15) is 12.4 Å². The molecule has 0 unspecified atom stereocenters. The number of para-hydroxylation sites is 1. The van der Waals surface area contributed by atoms with Crippen LogP contribution >= 0.6 is 0 Å². The first-order valence-corrected chi connectivity index (χ1v) is 8.75. The van der Waals surface area contributed by atoms with Crippen LogP contribution in [0.1, 0.15) is 11.1 Å². The van der Waals surface area contributed by atoms with Crippen molar-refractivity contribution in [3.8, 4) is 0 Å². The summed E-state index contributed by atoms with van der Waals surface area (Å²) in [6.45, 7) is -0.275. The second-order valence-electron chi connectivity index (χ2n) is 6.54. The molecular weight excluding hydrogens is 359 g/mol. The average molecular weight is 376 g/mol. The van der Waals surface area contributed by atoms with Crippen molar-refractivity contribution in [1.29, 1.82) is 0 Å². The predicted molar refractivity (Wildman–Crippen MR) is 103 cm³/mol. The van der Waals surface area contributed by atoms with Crippen LogP contribution in [-0.2, 0) is 15.2 Å². The molecule has 6 heteroatoms. The maximum absolute atomic E-state index is 13.2. The van der Waals surface area contributed by atoms with Crippen LogP contribution in [0.5, 0.6) is 0 Å². The largest absolute Gasteiger partial charge is 0.372 e. The van der Waals surface area contributed by atoms with Crippen LogP contribution in [0.25, 0.3) is 0 Å². The third-order valence-corrected chi connectivity index (χ3v) is 4.76. The number of fused-ring (bicyclic) bond motifs is 1. The molecule has 0 aliphatic carbocycles. The number of hydrogen-bond donors (Lipinski definition) is 2. The van der Waals surface area contributed by atoms with E-state index in [1.54, 1.807) is 54.6 Å². The molecule has 0 radical (unpaired) electrons. The molecule has 5 nitrogen and oxygen atoms in total. The van der Waals surface area contributed by atoms with Crippen molar-refractivity contribution in [2.75, 3.05) is 16.8 Å². The Labute approximate surface area is 161 Å². The first kappa shape index (κ1) is 17.9. The topological polar surface area (TPSA) is 69.6 Å². The molecule has 1 atom stereocenters. The molecule has 1 aliphatic rings. The quantitative estimate of drug-likeness (QED) is 0.735. The van der Waals surface area contributed by atoms with Crippen LogP contribution in [0.4, 0.5) is 15.8 Å². The number of halogens is 1. The number of nitrogens with zero attached hydrogens (tertiary/aromatic N) is 1. The van der Waals surface area contributed by atoms with Gasteiger partial charge in [-0.1, -0.05) is 48.5 Å². The fraction of sp³-hybridized carbons (Fsp3) is 0.0909. The summed E-state index contributed by atoms with van der Waals surface area (Å²) in [5.41, 5.74) is -0.0824. The fourth-order valence-electron chi connectivity index (χ4n) is 3.43. The number of anilines is 2. The summed E-state index contributed by atoms with van der Waals surface area (Å²) < 4.78 is 13.0. The highest BCUT2D eigenvalue weighted by atomic mass is 19.1. The van der Waals surface area contributed by atoms with Gasteiger partial charge in [0, 0.05) is 11.3 Å². The minimum atomic E-state index is -1.85. The van der Waals surface area contributed by atoms with Gasteiger partial charge in [-0.3, -0.25) is 14.5 Å². The summed E-state index contributed by atoms with van der Waals surface area (Å²) >= 11 is 0. The van der Waals surface area contributed by atoms with Gasteiger partial charge in [0.2, 0.25) is 5.91 Å². The van der Waals surface area contributed by atoms with E-state index in [-0.39, 0.29) is 6.54 Å². The Morgan fingerprint density at radius 1 is 0.964 bits per heavy atom. The molecule has 1 heterocycles. The summed E-state index contributed by atoms with van der Waals surface area (Å²) in [7, 11) is 0. The molecule has 1 aliphatic heterocycles. The standard InChI is InChI=1S/C22H17FN2O3/c23-16-10-12-17(13-11-16)24-20(26)14-25-19-9-5-4-8-18(19)22(28,21(25)27)15-6-2-1-3-7-15/h1-13,28H,14H2,(H,24,26)/t22-/m1/s1. The van der Waals surface area contributed by atoms with Crippen LogP contribution in [-0.4, -0.2) is 23.5 Å². The van der Waals surface area contributed by atoms with E-state index in [0.29, 0.717) is 22.5 Å². The zero-order chi connectivity index (χ0) is 19.7. The van der Waals surface area contributed by atoms with E-state index in [1.165, 1.54) is 29.2 Å². The normalized spacial score (nSPS) is 18.1. The van der Waals surface area contributed by atoms with Gasteiger partial charge in [-0.25, -0.2) is 4.39 Å². The molecule has 0 saturated heterocycles. The summed E-state index contributed by atoms with van der Waals surface area (Å²) in [4.78, 5) is 26.9. The zero-order valence-electron chi connectivity index (χ0n) is 14.8. The minimum absolute atomic E-state index is 0.275. The maximum atomic E-state index is 13.2. The van der Waals surface area contributed by atoms with E-state index in [2.05, 4.69) is 5.32 Å². The first-order chi connectivity index (χ1) is 13.5. The molecule has 4 rings (SSSR count). The molecule has 0 spiro atoms. The molecule has 0 saturated carbocycles. The summed E-state index contributed by atoms with van der Waals surface area (Å²) in [5.74, 6) is -1.45. The predicted octanol–water partition coefficient (Wildman–Crippen LogP) is 3.05. The van der Waals surface area contributed by atoms with Crippen molar-refractivity contribution < 1.29 is 19.1 Å². The van der Waals surface area contributed by atoms with Crippen molar-refractivity contribution in [2.24, 2.45) is 0 Å². The summed E-state index contributed by atoms with van der Waals surface area (Å²) in [6, 6.07) is 20.8. The highest BCUT2D eigenvalue weighted by Crippen LogP contribution is 2.44. The lowest BCUT2D eigenvalue weighted by atomic mass is 9.88. The van der Waals surface area contributed by atoms with E-state index >= 15 is 0 Å². The van der Waals surface area contributed by atoms with E-state index < -0.39 is 23.2 Å². The Bertz CT molecular complexity index is 1040. The van der Waals surface area contributed by atoms with Crippen LogP contribution in [0.15, 0.2) is 78.9 Å². The van der Waals surface area contributed by atoms with Crippen LogP contribution in [0.3, 0.4) is 0 Å². The third kappa shape index (κ3) is 2.93. The Kier molecular flexibility index (Phi) is 4.41. The van der Waals surface area contributed by atoms with Crippen molar-refractivity contribution in [1.82, 2.24) is 0 Å². The lowest BCUT2D eigenvalue weighted by molar-refractivity contribution is -0.133. The molecule has 2 N–H and O–H groups in total. The minimum Gasteiger partial charge on any atom is -0.372 e. The second kappa shape index (κ2) is 6.90. The van der Waals surface area contributed by atoms with Crippen LogP contribution < -0.4 is 10.2 Å². The number of benzene rings is 3.